The first-order chi connectivity index (χ1) is 13.4. The van der Waals surface area contributed by atoms with E-state index in [1.807, 2.05) is 5.57 Å². The highest BCUT2D eigenvalue weighted by atomic mass is 16.5. The van der Waals surface area contributed by atoms with Crippen LogP contribution < -0.4 is 0 Å². The van der Waals surface area contributed by atoms with Crippen LogP contribution in [0.25, 0.3) is 0 Å². The van der Waals surface area contributed by atoms with E-state index in [9.17, 15) is 0 Å². The van der Waals surface area contributed by atoms with Gasteiger partial charge in [0.05, 0.1) is 19.3 Å². The number of ether oxygens (including phenoxy) is 1. The highest BCUT2D eigenvalue weighted by Crippen LogP contribution is 2.72. The van der Waals surface area contributed by atoms with E-state index in [0.29, 0.717) is 28.3 Å². The molecule has 2 aliphatic heterocycles. The SMILES string of the molecule is CC12CC3CC(C)(C1)CC(C1=CC4COCC(C1)N4Cc1ccccc1)(C3)C2. The van der Waals surface area contributed by atoms with E-state index < -0.39 is 0 Å². The van der Waals surface area contributed by atoms with Crippen LogP contribution in [0.1, 0.15) is 64.4 Å². The van der Waals surface area contributed by atoms with Gasteiger partial charge in [0, 0.05) is 12.6 Å². The molecule has 7 rings (SSSR count). The molecule has 6 aliphatic rings. The van der Waals surface area contributed by atoms with Gasteiger partial charge in [-0.05, 0) is 72.7 Å². The van der Waals surface area contributed by atoms with Gasteiger partial charge in [-0.15, -0.1) is 0 Å². The second kappa shape index (κ2) is 5.95. The van der Waals surface area contributed by atoms with Crippen molar-refractivity contribution in [3.63, 3.8) is 0 Å². The molecule has 2 nitrogen and oxygen atoms in total. The third-order valence-corrected chi connectivity index (χ3v) is 8.86. The van der Waals surface area contributed by atoms with Crippen LogP contribution in [0.3, 0.4) is 0 Å². The molecule has 28 heavy (non-hydrogen) atoms. The average molecular weight is 378 g/mol. The van der Waals surface area contributed by atoms with Crippen LogP contribution in [0.15, 0.2) is 42.0 Å². The maximum Gasteiger partial charge on any atom is 0.0658 e. The molecule has 4 aliphatic carbocycles. The van der Waals surface area contributed by atoms with E-state index in [2.05, 4.69) is 55.2 Å². The number of rotatable bonds is 3. The van der Waals surface area contributed by atoms with Gasteiger partial charge < -0.3 is 4.74 Å². The normalized spacial score (nSPS) is 47.2. The van der Waals surface area contributed by atoms with Gasteiger partial charge in [0.1, 0.15) is 0 Å². The second-order valence-electron chi connectivity index (χ2n) is 11.7. The number of fused-ring (bicyclic) bond motifs is 2. The molecule has 4 unspecified atom stereocenters. The predicted molar refractivity (Wildman–Crippen MR) is 113 cm³/mol. The largest absolute Gasteiger partial charge is 0.378 e. The van der Waals surface area contributed by atoms with Crippen molar-refractivity contribution in [3.05, 3.63) is 47.5 Å². The Morgan fingerprint density at radius 2 is 1.71 bits per heavy atom. The number of benzene rings is 1. The lowest BCUT2D eigenvalue weighted by Crippen LogP contribution is -2.59. The Bertz CT molecular complexity index is 780. The molecule has 2 heterocycles. The van der Waals surface area contributed by atoms with Crippen molar-refractivity contribution in [1.82, 2.24) is 4.90 Å². The first-order valence-corrected chi connectivity index (χ1v) is 11.5. The van der Waals surface area contributed by atoms with Gasteiger partial charge in [-0.25, -0.2) is 0 Å². The van der Waals surface area contributed by atoms with Crippen molar-refractivity contribution < 1.29 is 4.74 Å². The molecule has 0 aromatic heterocycles. The van der Waals surface area contributed by atoms with Crippen LogP contribution >= 0.6 is 0 Å². The van der Waals surface area contributed by atoms with Crippen LogP contribution in [-0.4, -0.2) is 30.2 Å². The standard InChI is InChI=1S/C26H35NO/c1-24-10-20-11-25(2,16-24)18-26(12-20,17-24)21-8-22-14-28-15-23(9-21)27(22)13-19-6-4-3-5-7-19/h3-8,20,22-23H,9-18H2,1-2H3. The Labute approximate surface area is 170 Å². The summed E-state index contributed by atoms with van der Waals surface area (Å²) in [4.78, 5) is 2.73. The molecule has 0 spiro atoms. The molecule has 2 heteroatoms. The average Bonchev–Trinajstić information content (AvgIpc) is 2.59. The number of hydrogen-bond donors (Lipinski definition) is 0. The lowest BCUT2D eigenvalue weighted by atomic mass is 9.39. The zero-order valence-electron chi connectivity index (χ0n) is 17.6. The molecule has 150 valence electrons. The molecule has 0 N–H and O–H groups in total. The predicted octanol–water partition coefficient (Wildman–Crippen LogP) is 5.58. The molecular weight excluding hydrogens is 342 g/mol. The fourth-order valence-corrected chi connectivity index (χ4v) is 8.90. The molecule has 1 saturated heterocycles. The Hall–Kier alpha value is -1.12. The molecule has 0 amide bonds. The lowest BCUT2D eigenvalue weighted by Gasteiger charge is -2.67. The minimum Gasteiger partial charge on any atom is -0.378 e. The zero-order chi connectivity index (χ0) is 19.0. The van der Waals surface area contributed by atoms with Gasteiger partial charge in [-0.2, -0.15) is 0 Å². The summed E-state index contributed by atoms with van der Waals surface area (Å²) < 4.78 is 6.03. The zero-order valence-corrected chi connectivity index (χ0v) is 17.6. The van der Waals surface area contributed by atoms with Crippen LogP contribution in [0.2, 0.25) is 0 Å². The summed E-state index contributed by atoms with van der Waals surface area (Å²) in [5.74, 6) is 0.977. The fourth-order valence-electron chi connectivity index (χ4n) is 8.90. The van der Waals surface area contributed by atoms with E-state index in [1.54, 1.807) is 0 Å². The summed E-state index contributed by atoms with van der Waals surface area (Å²) in [5.41, 5.74) is 4.97. The van der Waals surface area contributed by atoms with E-state index in [-0.39, 0.29) is 0 Å². The van der Waals surface area contributed by atoms with Crippen molar-refractivity contribution in [1.29, 1.82) is 0 Å². The quantitative estimate of drug-likeness (QED) is 0.637. The van der Waals surface area contributed by atoms with Crippen molar-refractivity contribution in [2.45, 2.75) is 77.4 Å². The van der Waals surface area contributed by atoms with Crippen molar-refractivity contribution in [3.8, 4) is 0 Å². The molecular formula is C26H35NO. The summed E-state index contributed by atoms with van der Waals surface area (Å²) in [6.45, 7) is 8.07. The summed E-state index contributed by atoms with van der Waals surface area (Å²) in [7, 11) is 0. The third kappa shape index (κ3) is 2.75. The van der Waals surface area contributed by atoms with Gasteiger partial charge in [0.15, 0.2) is 0 Å². The molecule has 4 saturated carbocycles. The first kappa shape index (κ1) is 17.7. The van der Waals surface area contributed by atoms with Gasteiger partial charge in [-0.3, -0.25) is 4.90 Å². The lowest BCUT2D eigenvalue weighted by molar-refractivity contribution is -0.134. The Morgan fingerprint density at radius 1 is 0.964 bits per heavy atom. The number of hydrogen-bond acceptors (Lipinski definition) is 2. The molecule has 0 radical (unpaired) electrons. The van der Waals surface area contributed by atoms with E-state index in [0.717, 1.165) is 25.7 Å². The number of nitrogens with zero attached hydrogens (tertiary/aromatic N) is 1. The van der Waals surface area contributed by atoms with Gasteiger partial charge in [0.2, 0.25) is 0 Å². The molecule has 6 bridgehead atoms. The van der Waals surface area contributed by atoms with Crippen molar-refractivity contribution >= 4 is 0 Å². The van der Waals surface area contributed by atoms with Crippen LogP contribution in [0.5, 0.6) is 0 Å². The Balaban J connectivity index is 1.32. The maximum absolute atomic E-state index is 6.03. The van der Waals surface area contributed by atoms with Gasteiger partial charge >= 0.3 is 0 Å². The van der Waals surface area contributed by atoms with E-state index >= 15 is 0 Å². The third-order valence-electron chi connectivity index (χ3n) is 8.86. The first-order valence-electron chi connectivity index (χ1n) is 11.5. The van der Waals surface area contributed by atoms with Crippen LogP contribution in [0, 0.1) is 22.2 Å². The minimum atomic E-state index is 0.469. The summed E-state index contributed by atoms with van der Waals surface area (Å²) in [5, 5.41) is 0. The molecule has 4 atom stereocenters. The fraction of sp³-hybridized carbons (Fsp3) is 0.692. The molecule has 1 aromatic rings. The van der Waals surface area contributed by atoms with Gasteiger partial charge in [0.25, 0.3) is 0 Å². The Kier molecular flexibility index (Phi) is 3.77. The minimum absolute atomic E-state index is 0.469. The number of morpholine rings is 1. The van der Waals surface area contributed by atoms with E-state index in [4.69, 9.17) is 4.74 Å². The maximum atomic E-state index is 6.03. The van der Waals surface area contributed by atoms with Crippen molar-refractivity contribution in [2.24, 2.45) is 22.2 Å². The van der Waals surface area contributed by atoms with Gasteiger partial charge in [-0.1, -0.05) is 55.8 Å². The summed E-state index contributed by atoms with van der Waals surface area (Å²) in [6.07, 6.45) is 12.8. The Morgan fingerprint density at radius 3 is 2.39 bits per heavy atom. The highest BCUT2D eigenvalue weighted by molar-refractivity contribution is 5.29. The molecule has 1 aromatic carbocycles. The summed E-state index contributed by atoms with van der Waals surface area (Å²) in [6, 6.07) is 12.0. The molecule has 5 fully saturated rings. The second-order valence-corrected chi connectivity index (χ2v) is 11.7. The topological polar surface area (TPSA) is 12.5 Å². The monoisotopic (exact) mass is 377 g/mol. The highest BCUT2D eigenvalue weighted by Gasteiger charge is 2.61. The van der Waals surface area contributed by atoms with E-state index in [1.165, 1.54) is 50.5 Å². The smallest absolute Gasteiger partial charge is 0.0658 e. The van der Waals surface area contributed by atoms with Crippen LogP contribution in [-0.2, 0) is 11.3 Å². The van der Waals surface area contributed by atoms with Crippen LogP contribution in [0.4, 0.5) is 0 Å². The summed E-state index contributed by atoms with van der Waals surface area (Å²) >= 11 is 0. The van der Waals surface area contributed by atoms with Crippen molar-refractivity contribution in [2.75, 3.05) is 13.2 Å².